The minimum absolute atomic E-state index is 0.758. The smallest absolute Gasteiger partial charge is 0.123 e. The van der Waals surface area contributed by atoms with Crippen molar-refractivity contribution in [3.63, 3.8) is 0 Å². The second-order valence-corrected chi connectivity index (χ2v) is 12.9. The van der Waals surface area contributed by atoms with Gasteiger partial charge in [0.2, 0.25) is 0 Å². The van der Waals surface area contributed by atoms with Crippen LogP contribution in [0.15, 0.2) is 125 Å². The number of methoxy groups -OCH3 is 2. The van der Waals surface area contributed by atoms with E-state index in [1.165, 1.54) is 16.6 Å². The molecule has 2 aromatic heterocycles. The summed E-state index contributed by atoms with van der Waals surface area (Å²) in [5.41, 5.74) is 10.5. The van der Waals surface area contributed by atoms with Crippen LogP contribution in [0.25, 0.3) is 44.8 Å². The van der Waals surface area contributed by atoms with Gasteiger partial charge in [-0.3, -0.25) is 0 Å². The highest BCUT2D eigenvalue weighted by Crippen LogP contribution is 2.39. The maximum absolute atomic E-state index is 5.42. The zero-order chi connectivity index (χ0) is 31.5. The summed E-state index contributed by atoms with van der Waals surface area (Å²) in [6.07, 6.45) is 4.15. The number of thiophene rings is 1. The van der Waals surface area contributed by atoms with Crippen LogP contribution in [0.5, 0.6) is 11.5 Å². The maximum atomic E-state index is 5.42. The van der Waals surface area contributed by atoms with Gasteiger partial charge in [-0.1, -0.05) is 70.5 Å². The number of nitrogens with zero attached hydrogens (tertiary/aromatic N) is 3. The van der Waals surface area contributed by atoms with Gasteiger partial charge in [0, 0.05) is 43.6 Å². The molecule has 2 heterocycles. The number of hydrogen-bond acceptors (Lipinski definition) is 7. The SMILES string of the molecule is COc1cc(/C=C/c2ccc(N(c3ccc(Br)cc3)c3ccc(-c4ccc(-c5cccs5)c5nsnc45)cc3)cc2)cc(OC)c1. The minimum atomic E-state index is 0.758. The molecule has 0 atom stereocenters. The Bertz CT molecular complexity index is 2100. The summed E-state index contributed by atoms with van der Waals surface area (Å²) in [4.78, 5) is 3.46. The molecule has 0 aliphatic rings. The van der Waals surface area contributed by atoms with Gasteiger partial charge in [0.05, 0.1) is 25.9 Å². The second kappa shape index (κ2) is 13.3. The molecule has 8 heteroatoms. The largest absolute Gasteiger partial charge is 0.497 e. The van der Waals surface area contributed by atoms with Crippen molar-refractivity contribution in [1.29, 1.82) is 0 Å². The number of aromatic nitrogens is 2. The van der Waals surface area contributed by atoms with Crippen molar-refractivity contribution >= 4 is 79.2 Å². The van der Waals surface area contributed by atoms with Gasteiger partial charge in [0.25, 0.3) is 0 Å². The summed E-state index contributed by atoms with van der Waals surface area (Å²) in [5, 5.41) is 2.09. The summed E-state index contributed by atoms with van der Waals surface area (Å²) < 4.78 is 21.2. The van der Waals surface area contributed by atoms with E-state index in [0.717, 1.165) is 71.9 Å². The molecule has 5 aromatic carbocycles. The standard InChI is InChI=1S/C38H28BrN3O2S2/c1-43-32-22-26(23-33(24-32)44-2)6-5-25-7-13-29(14-8-25)42(31-17-11-28(39)12-18-31)30-15-9-27(10-16-30)34-19-20-35(36-4-3-21-45-36)38-37(34)40-46-41-38/h3-24H,1-2H3/b6-5+. The summed E-state index contributed by atoms with van der Waals surface area (Å²) >= 11 is 6.57. The molecular weight excluding hydrogens is 674 g/mol. The number of rotatable bonds is 9. The molecule has 226 valence electrons. The predicted octanol–water partition coefficient (Wildman–Crippen LogP) is 11.5. The van der Waals surface area contributed by atoms with Crippen molar-refractivity contribution in [1.82, 2.24) is 8.75 Å². The first-order valence-electron chi connectivity index (χ1n) is 14.6. The molecule has 0 spiro atoms. The van der Waals surface area contributed by atoms with Gasteiger partial charge in [-0.15, -0.1) is 11.3 Å². The van der Waals surface area contributed by atoms with Crippen molar-refractivity contribution < 1.29 is 9.47 Å². The van der Waals surface area contributed by atoms with E-state index in [9.17, 15) is 0 Å². The molecule has 0 unspecified atom stereocenters. The average Bonchev–Trinajstić information content (AvgIpc) is 3.82. The van der Waals surface area contributed by atoms with Crippen molar-refractivity contribution in [2.75, 3.05) is 19.1 Å². The second-order valence-electron chi connectivity index (χ2n) is 10.5. The van der Waals surface area contributed by atoms with Crippen LogP contribution in [0.1, 0.15) is 11.1 Å². The Labute approximate surface area is 284 Å². The fourth-order valence-electron chi connectivity index (χ4n) is 5.41. The molecule has 7 aromatic rings. The highest BCUT2D eigenvalue weighted by molar-refractivity contribution is 9.10. The summed E-state index contributed by atoms with van der Waals surface area (Å²) in [6.45, 7) is 0. The Morgan fingerprint density at radius 2 is 1.20 bits per heavy atom. The van der Waals surface area contributed by atoms with Gasteiger partial charge < -0.3 is 14.4 Å². The lowest BCUT2D eigenvalue weighted by Gasteiger charge is -2.26. The number of ether oxygens (including phenoxy) is 2. The molecule has 0 bridgehead atoms. The van der Waals surface area contributed by atoms with Crippen LogP contribution in [-0.4, -0.2) is 23.0 Å². The molecule has 0 amide bonds. The zero-order valence-electron chi connectivity index (χ0n) is 25.1. The van der Waals surface area contributed by atoms with Crippen LogP contribution in [0.4, 0.5) is 17.1 Å². The van der Waals surface area contributed by atoms with Crippen LogP contribution in [0.3, 0.4) is 0 Å². The van der Waals surface area contributed by atoms with E-state index < -0.39 is 0 Å². The highest BCUT2D eigenvalue weighted by atomic mass is 79.9. The lowest BCUT2D eigenvalue weighted by molar-refractivity contribution is 0.394. The Kier molecular flexibility index (Phi) is 8.66. The van der Waals surface area contributed by atoms with E-state index in [-0.39, 0.29) is 0 Å². The van der Waals surface area contributed by atoms with E-state index in [4.69, 9.17) is 9.47 Å². The third-order valence-electron chi connectivity index (χ3n) is 7.72. The molecule has 0 radical (unpaired) electrons. The van der Waals surface area contributed by atoms with Crippen LogP contribution in [-0.2, 0) is 0 Å². The lowest BCUT2D eigenvalue weighted by Crippen LogP contribution is -2.09. The van der Waals surface area contributed by atoms with E-state index in [1.807, 2.05) is 18.2 Å². The van der Waals surface area contributed by atoms with E-state index >= 15 is 0 Å². The maximum Gasteiger partial charge on any atom is 0.123 e. The average molecular weight is 703 g/mol. The van der Waals surface area contributed by atoms with Crippen molar-refractivity contribution in [3.05, 3.63) is 136 Å². The summed E-state index contributed by atoms with van der Waals surface area (Å²) in [6, 6.07) is 40.0. The number of anilines is 3. The van der Waals surface area contributed by atoms with Crippen LogP contribution >= 0.6 is 39.0 Å². The number of benzene rings is 5. The van der Waals surface area contributed by atoms with Gasteiger partial charge >= 0.3 is 0 Å². The third-order valence-corrected chi connectivity index (χ3v) is 9.68. The van der Waals surface area contributed by atoms with Gasteiger partial charge in [-0.05, 0) is 88.8 Å². The van der Waals surface area contributed by atoms with E-state index in [0.29, 0.717) is 0 Å². The van der Waals surface area contributed by atoms with E-state index in [1.54, 1.807) is 25.6 Å². The quantitative estimate of drug-likeness (QED) is 0.140. The van der Waals surface area contributed by atoms with Gasteiger partial charge in [0.1, 0.15) is 22.5 Å². The predicted molar refractivity (Wildman–Crippen MR) is 197 cm³/mol. The first-order valence-corrected chi connectivity index (χ1v) is 17.0. The third kappa shape index (κ3) is 6.20. The molecule has 0 aliphatic carbocycles. The summed E-state index contributed by atoms with van der Waals surface area (Å²) in [7, 11) is 3.32. The van der Waals surface area contributed by atoms with E-state index in [2.05, 4.69) is 144 Å². The Morgan fingerprint density at radius 3 is 1.80 bits per heavy atom. The van der Waals surface area contributed by atoms with Crippen LogP contribution in [0, 0.1) is 0 Å². The van der Waals surface area contributed by atoms with Crippen LogP contribution < -0.4 is 14.4 Å². The molecule has 0 fully saturated rings. The molecule has 0 saturated carbocycles. The Balaban J connectivity index is 1.20. The minimum Gasteiger partial charge on any atom is -0.497 e. The number of halogens is 1. The lowest BCUT2D eigenvalue weighted by atomic mass is 10.0. The highest BCUT2D eigenvalue weighted by Gasteiger charge is 2.16. The number of hydrogen-bond donors (Lipinski definition) is 0. The topological polar surface area (TPSA) is 47.5 Å². The molecule has 0 saturated heterocycles. The molecule has 0 N–H and O–H groups in total. The molecule has 46 heavy (non-hydrogen) atoms. The fourth-order valence-corrected chi connectivity index (χ4v) is 7.00. The van der Waals surface area contributed by atoms with Crippen molar-refractivity contribution in [2.45, 2.75) is 0 Å². The first kappa shape index (κ1) is 29.9. The normalized spacial score (nSPS) is 11.3. The summed E-state index contributed by atoms with van der Waals surface area (Å²) in [5.74, 6) is 1.52. The molecule has 5 nitrogen and oxygen atoms in total. The molecular formula is C38H28BrN3O2S2. The Hall–Kier alpha value is -4.76. The van der Waals surface area contributed by atoms with Crippen LogP contribution in [0.2, 0.25) is 0 Å². The van der Waals surface area contributed by atoms with Crippen molar-refractivity contribution in [2.24, 2.45) is 0 Å². The zero-order valence-corrected chi connectivity index (χ0v) is 28.3. The Morgan fingerprint density at radius 1 is 0.630 bits per heavy atom. The fraction of sp³-hybridized carbons (Fsp3) is 0.0526. The van der Waals surface area contributed by atoms with Crippen molar-refractivity contribution in [3.8, 4) is 33.1 Å². The molecule has 0 aliphatic heterocycles. The van der Waals surface area contributed by atoms with Gasteiger partial charge in [-0.25, -0.2) is 0 Å². The monoisotopic (exact) mass is 701 g/mol. The molecule has 7 rings (SSSR count). The first-order chi connectivity index (χ1) is 22.6. The van der Waals surface area contributed by atoms with Gasteiger partial charge in [-0.2, -0.15) is 8.75 Å². The van der Waals surface area contributed by atoms with Gasteiger partial charge in [0.15, 0.2) is 0 Å². The number of fused-ring (bicyclic) bond motifs is 1.